The number of likely N-dealkylation sites (N-methyl/N-ethyl adjacent to an activating group) is 1. The van der Waals surface area contributed by atoms with Crippen LogP contribution in [0.25, 0.3) is 0 Å². The maximum Gasteiger partial charge on any atom is 0.0607 e. The highest BCUT2D eigenvalue weighted by molar-refractivity contribution is 5.44. The van der Waals surface area contributed by atoms with Crippen LogP contribution in [0.15, 0.2) is 48.5 Å². The molecule has 2 aromatic carbocycles. The number of benzene rings is 2. The average Bonchev–Trinajstić information content (AvgIpc) is 2.96. The van der Waals surface area contributed by atoms with Crippen molar-refractivity contribution in [3.8, 4) is 0 Å². The second kappa shape index (κ2) is 7.08. The van der Waals surface area contributed by atoms with Crippen LogP contribution in [0.2, 0.25) is 0 Å². The molecule has 4 rings (SSSR count). The molecule has 1 saturated heterocycles. The Morgan fingerprint density at radius 3 is 2.04 bits per heavy atom. The van der Waals surface area contributed by atoms with E-state index in [1.165, 1.54) is 74.2 Å². The minimum absolute atomic E-state index is 0.428. The van der Waals surface area contributed by atoms with Crippen molar-refractivity contribution in [1.82, 2.24) is 9.80 Å². The highest BCUT2D eigenvalue weighted by Gasteiger charge is 2.29. The Balaban J connectivity index is 1.75. The molecular formula is C22H28N2. The predicted octanol–water partition coefficient (Wildman–Crippen LogP) is 3.90. The summed E-state index contributed by atoms with van der Waals surface area (Å²) in [7, 11) is 0. The Hall–Kier alpha value is -1.64. The molecule has 0 bridgehead atoms. The zero-order chi connectivity index (χ0) is 16.4. The maximum absolute atomic E-state index is 2.73. The molecule has 0 N–H and O–H groups in total. The molecule has 24 heavy (non-hydrogen) atoms. The molecule has 2 aromatic rings. The first kappa shape index (κ1) is 15.9. The Morgan fingerprint density at radius 1 is 0.792 bits per heavy atom. The molecule has 1 aliphatic carbocycles. The van der Waals surface area contributed by atoms with E-state index in [0.717, 1.165) is 0 Å². The zero-order valence-corrected chi connectivity index (χ0v) is 14.7. The zero-order valence-electron chi connectivity index (χ0n) is 14.7. The van der Waals surface area contributed by atoms with Gasteiger partial charge >= 0.3 is 0 Å². The molecule has 1 aliphatic heterocycles. The van der Waals surface area contributed by atoms with E-state index in [-0.39, 0.29) is 0 Å². The van der Waals surface area contributed by atoms with Crippen LogP contribution < -0.4 is 0 Å². The van der Waals surface area contributed by atoms with Crippen LogP contribution in [0.3, 0.4) is 0 Å². The molecular weight excluding hydrogens is 292 g/mol. The summed E-state index contributed by atoms with van der Waals surface area (Å²) in [6.07, 6.45) is 3.60. The first-order valence-electron chi connectivity index (χ1n) is 9.49. The Bertz CT molecular complexity index is 646. The molecule has 0 radical (unpaired) electrons. The van der Waals surface area contributed by atoms with Crippen molar-refractivity contribution in [2.24, 2.45) is 0 Å². The molecule has 0 unspecified atom stereocenters. The summed E-state index contributed by atoms with van der Waals surface area (Å²) in [6.45, 7) is 8.25. The highest BCUT2D eigenvalue weighted by atomic mass is 15.2. The van der Waals surface area contributed by atoms with Crippen LogP contribution in [0.4, 0.5) is 0 Å². The lowest BCUT2D eigenvalue weighted by Gasteiger charge is -2.32. The number of fused-ring (bicyclic) bond motifs is 2. The first-order valence-corrected chi connectivity index (χ1v) is 9.49. The standard InChI is InChI=1S/C22H28N2/c1-2-23-14-7-15-24(17-16-23)22-20-10-5-3-8-18(20)12-13-19-9-4-6-11-21(19)22/h3-6,8-11,22H,2,7,12-17H2,1H3. The lowest BCUT2D eigenvalue weighted by molar-refractivity contribution is 0.225. The van der Waals surface area contributed by atoms with E-state index < -0.39 is 0 Å². The van der Waals surface area contributed by atoms with E-state index in [9.17, 15) is 0 Å². The topological polar surface area (TPSA) is 6.48 Å². The van der Waals surface area contributed by atoms with Crippen LogP contribution in [0, 0.1) is 0 Å². The van der Waals surface area contributed by atoms with Crippen molar-refractivity contribution in [3.63, 3.8) is 0 Å². The van der Waals surface area contributed by atoms with Crippen molar-refractivity contribution in [1.29, 1.82) is 0 Å². The number of aryl methyl sites for hydroxylation is 2. The van der Waals surface area contributed by atoms with Gasteiger partial charge in [-0.3, -0.25) is 4.90 Å². The third kappa shape index (κ3) is 3.01. The number of hydrogen-bond donors (Lipinski definition) is 0. The van der Waals surface area contributed by atoms with Crippen LogP contribution in [-0.2, 0) is 12.8 Å². The molecule has 0 spiro atoms. The Kier molecular flexibility index (Phi) is 4.68. The molecule has 0 saturated carbocycles. The van der Waals surface area contributed by atoms with Gasteiger partial charge in [-0.05, 0) is 54.6 Å². The molecule has 0 aromatic heterocycles. The van der Waals surface area contributed by atoms with Gasteiger partial charge in [0.05, 0.1) is 6.04 Å². The van der Waals surface area contributed by atoms with Gasteiger partial charge in [0.25, 0.3) is 0 Å². The quantitative estimate of drug-likeness (QED) is 0.828. The van der Waals surface area contributed by atoms with Crippen molar-refractivity contribution in [3.05, 3.63) is 70.8 Å². The normalized spacial score (nSPS) is 20.0. The maximum atomic E-state index is 2.73. The monoisotopic (exact) mass is 320 g/mol. The summed E-state index contributed by atoms with van der Waals surface area (Å²) in [5, 5.41) is 0. The second-order valence-corrected chi connectivity index (χ2v) is 7.12. The highest BCUT2D eigenvalue weighted by Crippen LogP contribution is 2.37. The summed E-state index contributed by atoms with van der Waals surface area (Å²) in [5.41, 5.74) is 6.14. The fourth-order valence-electron chi connectivity index (χ4n) is 4.45. The van der Waals surface area contributed by atoms with E-state index in [1.54, 1.807) is 0 Å². The van der Waals surface area contributed by atoms with E-state index in [2.05, 4.69) is 65.3 Å². The van der Waals surface area contributed by atoms with Crippen LogP contribution in [0.5, 0.6) is 0 Å². The fraction of sp³-hybridized carbons (Fsp3) is 0.455. The van der Waals surface area contributed by atoms with Crippen molar-refractivity contribution < 1.29 is 0 Å². The lowest BCUT2D eigenvalue weighted by atomic mass is 9.93. The molecule has 1 fully saturated rings. The third-order valence-electron chi connectivity index (χ3n) is 5.80. The molecule has 126 valence electrons. The van der Waals surface area contributed by atoms with Gasteiger partial charge in [-0.25, -0.2) is 0 Å². The summed E-state index contributed by atoms with van der Waals surface area (Å²) in [6, 6.07) is 18.7. The minimum Gasteiger partial charge on any atom is -0.302 e. The van der Waals surface area contributed by atoms with Gasteiger partial charge in [-0.2, -0.15) is 0 Å². The number of hydrogen-bond acceptors (Lipinski definition) is 2. The molecule has 0 atom stereocenters. The second-order valence-electron chi connectivity index (χ2n) is 7.12. The largest absolute Gasteiger partial charge is 0.302 e. The van der Waals surface area contributed by atoms with Gasteiger partial charge in [0.2, 0.25) is 0 Å². The van der Waals surface area contributed by atoms with Gasteiger partial charge < -0.3 is 4.90 Å². The summed E-state index contributed by atoms with van der Waals surface area (Å²) in [4.78, 5) is 5.33. The molecule has 0 amide bonds. The number of rotatable bonds is 2. The minimum atomic E-state index is 0.428. The van der Waals surface area contributed by atoms with Gasteiger partial charge in [-0.1, -0.05) is 55.5 Å². The van der Waals surface area contributed by atoms with E-state index in [0.29, 0.717) is 6.04 Å². The van der Waals surface area contributed by atoms with E-state index in [1.807, 2.05) is 0 Å². The SMILES string of the molecule is CCN1CCCN(C2c3ccccc3CCc3ccccc32)CC1. The van der Waals surface area contributed by atoms with Crippen LogP contribution in [-0.4, -0.2) is 42.5 Å². The molecule has 2 heteroatoms. The van der Waals surface area contributed by atoms with Crippen molar-refractivity contribution in [2.45, 2.75) is 32.2 Å². The van der Waals surface area contributed by atoms with Crippen LogP contribution >= 0.6 is 0 Å². The lowest BCUT2D eigenvalue weighted by Crippen LogP contribution is -2.34. The average molecular weight is 320 g/mol. The van der Waals surface area contributed by atoms with Gasteiger partial charge in [0.1, 0.15) is 0 Å². The summed E-state index contributed by atoms with van der Waals surface area (Å²) < 4.78 is 0. The number of nitrogens with zero attached hydrogens (tertiary/aromatic N) is 2. The first-order chi connectivity index (χ1) is 11.9. The molecule has 2 nitrogen and oxygen atoms in total. The van der Waals surface area contributed by atoms with Crippen LogP contribution in [0.1, 0.15) is 41.6 Å². The van der Waals surface area contributed by atoms with E-state index in [4.69, 9.17) is 0 Å². The molecule has 1 heterocycles. The smallest absolute Gasteiger partial charge is 0.0607 e. The summed E-state index contributed by atoms with van der Waals surface area (Å²) in [5.74, 6) is 0. The van der Waals surface area contributed by atoms with Gasteiger partial charge in [0, 0.05) is 19.6 Å². The van der Waals surface area contributed by atoms with E-state index >= 15 is 0 Å². The van der Waals surface area contributed by atoms with Crippen molar-refractivity contribution >= 4 is 0 Å². The van der Waals surface area contributed by atoms with Crippen molar-refractivity contribution in [2.75, 3.05) is 32.7 Å². The molecule has 2 aliphatic rings. The Labute approximate surface area is 146 Å². The fourth-order valence-corrected chi connectivity index (χ4v) is 4.45. The summed E-state index contributed by atoms with van der Waals surface area (Å²) >= 11 is 0. The third-order valence-corrected chi connectivity index (χ3v) is 5.80. The predicted molar refractivity (Wildman–Crippen MR) is 100 cm³/mol. The Morgan fingerprint density at radius 2 is 1.42 bits per heavy atom. The van der Waals surface area contributed by atoms with Gasteiger partial charge in [-0.15, -0.1) is 0 Å². The van der Waals surface area contributed by atoms with Gasteiger partial charge in [0.15, 0.2) is 0 Å².